The molecule has 1 heterocycles. The second kappa shape index (κ2) is 7.01. The van der Waals surface area contributed by atoms with Gasteiger partial charge in [-0.3, -0.25) is 9.78 Å². The lowest BCUT2D eigenvalue weighted by Gasteiger charge is -2.17. The van der Waals surface area contributed by atoms with E-state index in [0.717, 1.165) is 24.8 Å². The van der Waals surface area contributed by atoms with E-state index in [0.29, 0.717) is 0 Å². The molecule has 0 aliphatic rings. The fraction of sp³-hybridized carbons (Fsp3) is 0.538. The van der Waals surface area contributed by atoms with Gasteiger partial charge in [0.05, 0.1) is 12.1 Å². The van der Waals surface area contributed by atoms with Crippen molar-refractivity contribution in [2.24, 2.45) is 5.73 Å². The molecule has 0 saturated carbocycles. The zero-order valence-corrected chi connectivity index (χ0v) is 10.5. The van der Waals surface area contributed by atoms with Crippen molar-refractivity contribution in [2.45, 2.75) is 45.2 Å². The van der Waals surface area contributed by atoms with Gasteiger partial charge in [-0.2, -0.15) is 0 Å². The number of nitrogens with two attached hydrogens (primary N) is 1. The van der Waals surface area contributed by atoms with Crippen LogP contribution in [-0.4, -0.2) is 16.9 Å². The predicted octanol–water partition coefficient (Wildman–Crippen LogP) is 1.78. The zero-order valence-electron chi connectivity index (χ0n) is 10.5. The monoisotopic (exact) mass is 235 g/mol. The number of hydrogen-bond donors (Lipinski definition) is 2. The average Bonchev–Trinajstić information content (AvgIpc) is 2.36. The number of pyridine rings is 1. The number of amides is 1. The normalized spacial score (nSPS) is 14.1. The maximum absolute atomic E-state index is 11.8. The molecule has 1 rings (SSSR count). The summed E-state index contributed by atoms with van der Waals surface area (Å²) in [5.41, 5.74) is 6.84. The molecule has 0 saturated heterocycles. The highest BCUT2D eigenvalue weighted by molar-refractivity contribution is 5.81. The van der Waals surface area contributed by atoms with E-state index in [1.807, 2.05) is 19.1 Å². The number of nitrogens with one attached hydrogen (secondary N) is 1. The van der Waals surface area contributed by atoms with Crippen LogP contribution < -0.4 is 11.1 Å². The molecule has 1 aromatic rings. The summed E-state index contributed by atoms with van der Waals surface area (Å²) in [5.74, 6) is -0.0808. The van der Waals surface area contributed by atoms with Crippen molar-refractivity contribution in [3.8, 4) is 0 Å². The molecular weight excluding hydrogens is 214 g/mol. The molecule has 94 valence electrons. The standard InChI is InChI=1S/C13H21N3O/c1-3-4-5-12(14)13(17)16-10(2)11-6-8-15-9-7-11/h6-10,12H,3-5,14H2,1-2H3,(H,16,17)/t10?,12-/m0/s1. The van der Waals surface area contributed by atoms with E-state index in [1.165, 1.54) is 0 Å². The zero-order chi connectivity index (χ0) is 12.7. The third-order valence-electron chi connectivity index (χ3n) is 2.77. The van der Waals surface area contributed by atoms with E-state index in [1.54, 1.807) is 12.4 Å². The first kappa shape index (κ1) is 13.6. The van der Waals surface area contributed by atoms with Crippen LogP contribution in [0.5, 0.6) is 0 Å². The van der Waals surface area contributed by atoms with Gasteiger partial charge in [0, 0.05) is 12.4 Å². The molecule has 1 amide bonds. The summed E-state index contributed by atoms with van der Waals surface area (Å²) in [5, 5.41) is 2.91. The molecule has 1 aromatic heterocycles. The fourth-order valence-electron chi connectivity index (χ4n) is 1.61. The smallest absolute Gasteiger partial charge is 0.237 e. The largest absolute Gasteiger partial charge is 0.348 e. The summed E-state index contributed by atoms with van der Waals surface area (Å²) in [6.07, 6.45) is 6.22. The van der Waals surface area contributed by atoms with Crippen LogP contribution in [-0.2, 0) is 4.79 Å². The van der Waals surface area contributed by atoms with Gasteiger partial charge in [0.15, 0.2) is 0 Å². The van der Waals surface area contributed by atoms with Crippen LogP contribution in [0.25, 0.3) is 0 Å². The first-order chi connectivity index (χ1) is 8.15. The lowest BCUT2D eigenvalue weighted by molar-refractivity contribution is -0.123. The molecule has 2 atom stereocenters. The van der Waals surface area contributed by atoms with Gasteiger partial charge in [-0.15, -0.1) is 0 Å². The maximum Gasteiger partial charge on any atom is 0.237 e. The molecule has 0 radical (unpaired) electrons. The predicted molar refractivity (Wildman–Crippen MR) is 68.3 cm³/mol. The lowest BCUT2D eigenvalue weighted by Crippen LogP contribution is -2.41. The Morgan fingerprint density at radius 2 is 2.12 bits per heavy atom. The van der Waals surface area contributed by atoms with Gasteiger partial charge in [0.2, 0.25) is 5.91 Å². The minimum absolute atomic E-state index is 0.0295. The van der Waals surface area contributed by atoms with E-state index >= 15 is 0 Å². The minimum atomic E-state index is -0.403. The topological polar surface area (TPSA) is 68.0 Å². The first-order valence-electron chi connectivity index (χ1n) is 6.11. The second-order valence-corrected chi connectivity index (χ2v) is 4.26. The van der Waals surface area contributed by atoms with Crippen molar-refractivity contribution in [1.29, 1.82) is 0 Å². The summed E-state index contributed by atoms with van der Waals surface area (Å²) < 4.78 is 0. The number of rotatable bonds is 6. The maximum atomic E-state index is 11.8. The number of aromatic nitrogens is 1. The number of hydrogen-bond acceptors (Lipinski definition) is 3. The Bertz CT molecular complexity index is 340. The summed E-state index contributed by atoms with van der Waals surface area (Å²) >= 11 is 0. The fourth-order valence-corrected chi connectivity index (χ4v) is 1.61. The highest BCUT2D eigenvalue weighted by Gasteiger charge is 2.15. The molecule has 4 heteroatoms. The van der Waals surface area contributed by atoms with Crippen molar-refractivity contribution >= 4 is 5.91 Å². The molecule has 0 aromatic carbocycles. The quantitative estimate of drug-likeness (QED) is 0.789. The Balaban J connectivity index is 2.46. The van der Waals surface area contributed by atoms with Crippen LogP contribution in [0.3, 0.4) is 0 Å². The number of carbonyl (C=O) groups is 1. The summed E-state index contributed by atoms with van der Waals surface area (Å²) in [6, 6.07) is 3.35. The van der Waals surface area contributed by atoms with Crippen molar-refractivity contribution in [2.75, 3.05) is 0 Å². The Morgan fingerprint density at radius 3 is 2.71 bits per heavy atom. The van der Waals surface area contributed by atoms with Gasteiger partial charge in [0.1, 0.15) is 0 Å². The van der Waals surface area contributed by atoms with Gasteiger partial charge >= 0.3 is 0 Å². The molecular formula is C13H21N3O. The van der Waals surface area contributed by atoms with Gasteiger partial charge < -0.3 is 11.1 Å². The van der Waals surface area contributed by atoms with Crippen LogP contribution in [0.2, 0.25) is 0 Å². The van der Waals surface area contributed by atoms with E-state index in [9.17, 15) is 4.79 Å². The molecule has 1 unspecified atom stereocenters. The number of nitrogens with zero attached hydrogens (tertiary/aromatic N) is 1. The van der Waals surface area contributed by atoms with Crippen molar-refractivity contribution in [1.82, 2.24) is 10.3 Å². The van der Waals surface area contributed by atoms with Gasteiger partial charge in [-0.1, -0.05) is 19.8 Å². The van der Waals surface area contributed by atoms with Crippen LogP contribution in [0.15, 0.2) is 24.5 Å². The summed E-state index contributed by atoms with van der Waals surface area (Å²) in [7, 11) is 0. The van der Waals surface area contributed by atoms with Crippen molar-refractivity contribution in [3.63, 3.8) is 0 Å². The third-order valence-corrected chi connectivity index (χ3v) is 2.77. The molecule has 0 bridgehead atoms. The second-order valence-electron chi connectivity index (χ2n) is 4.26. The number of carbonyl (C=O) groups excluding carboxylic acids is 1. The lowest BCUT2D eigenvalue weighted by atomic mass is 10.1. The van der Waals surface area contributed by atoms with Gasteiger partial charge in [-0.05, 0) is 31.0 Å². The molecule has 3 N–H and O–H groups in total. The SMILES string of the molecule is CCCC[C@H](N)C(=O)NC(C)c1ccncc1. The molecule has 17 heavy (non-hydrogen) atoms. The Labute approximate surface area is 103 Å². The third kappa shape index (κ3) is 4.53. The van der Waals surface area contributed by atoms with Gasteiger partial charge in [0.25, 0.3) is 0 Å². The minimum Gasteiger partial charge on any atom is -0.348 e. The Kier molecular flexibility index (Phi) is 5.63. The first-order valence-corrected chi connectivity index (χ1v) is 6.11. The Hall–Kier alpha value is -1.42. The van der Waals surface area contributed by atoms with E-state index in [2.05, 4.69) is 17.2 Å². The number of unbranched alkanes of at least 4 members (excludes halogenated alkanes) is 1. The highest BCUT2D eigenvalue weighted by Crippen LogP contribution is 2.10. The van der Waals surface area contributed by atoms with Crippen molar-refractivity contribution < 1.29 is 4.79 Å². The van der Waals surface area contributed by atoms with Crippen molar-refractivity contribution in [3.05, 3.63) is 30.1 Å². The van der Waals surface area contributed by atoms with Crippen LogP contribution in [0.4, 0.5) is 0 Å². The molecule has 0 aliphatic heterocycles. The summed E-state index contributed by atoms with van der Waals surface area (Å²) in [6.45, 7) is 4.03. The Morgan fingerprint density at radius 1 is 1.47 bits per heavy atom. The average molecular weight is 235 g/mol. The van der Waals surface area contributed by atoms with Gasteiger partial charge in [-0.25, -0.2) is 0 Å². The van der Waals surface area contributed by atoms with E-state index in [-0.39, 0.29) is 11.9 Å². The molecule has 4 nitrogen and oxygen atoms in total. The summed E-state index contributed by atoms with van der Waals surface area (Å²) in [4.78, 5) is 15.7. The molecule has 0 fully saturated rings. The van der Waals surface area contributed by atoms with Crippen LogP contribution in [0.1, 0.15) is 44.7 Å². The van der Waals surface area contributed by atoms with E-state index in [4.69, 9.17) is 5.73 Å². The molecule has 0 aliphatic carbocycles. The van der Waals surface area contributed by atoms with Crippen LogP contribution in [0, 0.1) is 0 Å². The van der Waals surface area contributed by atoms with Crippen LogP contribution >= 0.6 is 0 Å². The van der Waals surface area contributed by atoms with E-state index < -0.39 is 6.04 Å². The highest BCUT2D eigenvalue weighted by atomic mass is 16.2. The molecule has 0 spiro atoms.